The summed E-state index contributed by atoms with van der Waals surface area (Å²) in [4.78, 5) is 4.03. The highest BCUT2D eigenvalue weighted by Gasteiger charge is 2.17. The van der Waals surface area contributed by atoms with Gasteiger partial charge in [0.2, 0.25) is 0 Å². The summed E-state index contributed by atoms with van der Waals surface area (Å²) in [5, 5.41) is 4.59. The van der Waals surface area contributed by atoms with E-state index in [4.69, 9.17) is 23.2 Å². The van der Waals surface area contributed by atoms with E-state index in [1.807, 2.05) is 24.3 Å². The molecule has 1 unspecified atom stereocenters. The van der Waals surface area contributed by atoms with Crippen LogP contribution in [0.15, 0.2) is 42.7 Å². The van der Waals surface area contributed by atoms with E-state index in [-0.39, 0.29) is 6.04 Å². The summed E-state index contributed by atoms with van der Waals surface area (Å²) < 4.78 is 0. The summed E-state index contributed by atoms with van der Waals surface area (Å²) in [6, 6.07) is 9.68. The Labute approximate surface area is 117 Å². The average Bonchev–Trinajstić information content (AvgIpc) is 2.41. The third-order valence-corrected chi connectivity index (χ3v) is 3.57. The molecule has 0 radical (unpaired) electrons. The van der Waals surface area contributed by atoms with Crippen LogP contribution in [0.25, 0.3) is 0 Å². The van der Waals surface area contributed by atoms with Gasteiger partial charge in [0.05, 0.1) is 16.1 Å². The van der Waals surface area contributed by atoms with E-state index in [0.717, 1.165) is 17.7 Å². The van der Waals surface area contributed by atoms with Crippen LogP contribution >= 0.6 is 23.2 Å². The zero-order chi connectivity index (χ0) is 13.0. The Morgan fingerprint density at radius 1 is 1.17 bits per heavy atom. The fourth-order valence-electron chi connectivity index (χ4n) is 1.91. The standard InChI is InChI=1S/C14H14Cl2N2/c1-2-18-14(10-6-8-17-9-7-10)11-4-3-5-12(15)13(11)16/h3-9,14,18H,2H2,1H3. The van der Waals surface area contributed by atoms with Gasteiger partial charge in [-0.05, 0) is 35.9 Å². The van der Waals surface area contributed by atoms with Crippen LogP contribution in [0.3, 0.4) is 0 Å². The highest BCUT2D eigenvalue weighted by atomic mass is 35.5. The Kier molecular flexibility index (Phi) is 4.59. The summed E-state index contributed by atoms with van der Waals surface area (Å²) in [5.74, 6) is 0. The van der Waals surface area contributed by atoms with Gasteiger partial charge < -0.3 is 5.32 Å². The minimum atomic E-state index is 0.0317. The van der Waals surface area contributed by atoms with E-state index in [1.54, 1.807) is 18.5 Å². The Bertz CT molecular complexity index is 514. The molecule has 94 valence electrons. The second-order valence-corrected chi connectivity index (χ2v) is 4.70. The summed E-state index contributed by atoms with van der Waals surface area (Å²) in [6.07, 6.45) is 3.55. The lowest BCUT2D eigenvalue weighted by Crippen LogP contribution is -2.22. The van der Waals surface area contributed by atoms with E-state index in [1.165, 1.54) is 0 Å². The van der Waals surface area contributed by atoms with Crippen molar-refractivity contribution in [3.8, 4) is 0 Å². The van der Waals surface area contributed by atoms with Crippen molar-refractivity contribution >= 4 is 23.2 Å². The SMILES string of the molecule is CCNC(c1ccncc1)c1cccc(Cl)c1Cl. The van der Waals surface area contributed by atoms with Crippen LogP contribution in [-0.4, -0.2) is 11.5 Å². The van der Waals surface area contributed by atoms with Crippen molar-refractivity contribution in [1.82, 2.24) is 10.3 Å². The van der Waals surface area contributed by atoms with Gasteiger partial charge in [-0.15, -0.1) is 0 Å². The number of rotatable bonds is 4. The zero-order valence-corrected chi connectivity index (χ0v) is 11.5. The Balaban J connectivity index is 2.45. The predicted molar refractivity (Wildman–Crippen MR) is 76.2 cm³/mol. The minimum absolute atomic E-state index is 0.0317. The molecule has 0 aliphatic carbocycles. The van der Waals surface area contributed by atoms with Crippen LogP contribution in [0.5, 0.6) is 0 Å². The van der Waals surface area contributed by atoms with Gasteiger partial charge in [0.1, 0.15) is 0 Å². The van der Waals surface area contributed by atoms with E-state index in [0.29, 0.717) is 10.0 Å². The lowest BCUT2D eigenvalue weighted by atomic mass is 9.99. The molecule has 0 fully saturated rings. The third-order valence-electron chi connectivity index (χ3n) is 2.74. The molecule has 1 N–H and O–H groups in total. The quantitative estimate of drug-likeness (QED) is 0.913. The second kappa shape index (κ2) is 6.19. The van der Waals surface area contributed by atoms with E-state index in [2.05, 4.69) is 17.2 Å². The number of hydrogen-bond acceptors (Lipinski definition) is 2. The van der Waals surface area contributed by atoms with Crippen LogP contribution in [0.4, 0.5) is 0 Å². The molecule has 18 heavy (non-hydrogen) atoms. The first-order valence-corrected chi connectivity index (χ1v) is 6.57. The molecule has 1 atom stereocenters. The molecular weight excluding hydrogens is 267 g/mol. The average molecular weight is 281 g/mol. The molecule has 0 aliphatic rings. The lowest BCUT2D eigenvalue weighted by molar-refractivity contribution is 0.630. The first kappa shape index (κ1) is 13.3. The van der Waals surface area contributed by atoms with Crippen molar-refractivity contribution in [1.29, 1.82) is 0 Å². The Morgan fingerprint density at radius 3 is 2.56 bits per heavy atom. The molecule has 2 rings (SSSR count). The summed E-state index contributed by atoms with van der Waals surface area (Å²) in [6.45, 7) is 2.91. The number of nitrogens with zero attached hydrogens (tertiary/aromatic N) is 1. The molecule has 1 aromatic heterocycles. The van der Waals surface area contributed by atoms with Crippen molar-refractivity contribution < 1.29 is 0 Å². The van der Waals surface area contributed by atoms with Crippen LogP contribution in [0.1, 0.15) is 24.1 Å². The molecule has 0 saturated carbocycles. The Morgan fingerprint density at radius 2 is 1.89 bits per heavy atom. The smallest absolute Gasteiger partial charge is 0.0643 e. The normalized spacial score (nSPS) is 12.4. The highest BCUT2D eigenvalue weighted by molar-refractivity contribution is 6.42. The van der Waals surface area contributed by atoms with Crippen LogP contribution in [0.2, 0.25) is 10.0 Å². The van der Waals surface area contributed by atoms with E-state index >= 15 is 0 Å². The fourth-order valence-corrected chi connectivity index (χ4v) is 2.33. The van der Waals surface area contributed by atoms with Gasteiger partial charge in [-0.3, -0.25) is 4.98 Å². The molecular formula is C14H14Cl2N2. The number of hydrogen-bond donors (Lipinski definition) is 1. The molecule has 2 nitrogen and oxygen atoms in total. The van der Waals surface area contributed by atoms with E-state index in [9.17, 15) is 0 Å². The van der Waals surface area contributed by atoms with Crippen molar-refractivity contribution in [2.24, 2.45) is 0 Å². The predicted octanol–water partition coefficient (Wildman–Crippen LogP) is 4.09. The third kappa shape index (κ3) is 2.83. The van der Waals surface area contributed by atoms with Crippen molar-refractivity contribution in [2.75, 3.05) is 6.54 Å². The maximum atomic E-state index is 6.29. The molecule has 1 heterocycles. The minimum Gasteiger partial charge on any atom is -0.306 e. The first-order chi connectivity index (χ1) is 8.74. The number of pyridine rings is 1. The second-order valence-electron chi connectivity index (χ2n) is 3.91. The van der Waals surface area contributed by atoms with Crippen LogP contribution in [0, 0.1) is 0 Å². The van der Waals surface area contributed by atoms with Gasteiger partial charge in [0.15, 0.2) is 0 Å². The number of aromatic nitrogens is 1. The lowest BCUT2D eigenvalue weighted by Gasteiger charge is -2.20. The number of nitrogens with one attached hydrogen (secondary N) is 1. The maximum Gasteiger partial charge on any atom is 0.0643 e. The summed E-state index contributed by atoms with van der Waals surface area (Å²) >= 11 is 12.4. The fraction of sp³-hybridized carbons (Fsp3) is 0.214. The van der Waals surface area contributed by atoms with Crippen LogP contribution in [-0.2, 0) is 0 Å². The van der Waals surface area contributed by atoms with Gasteiger partial charge in [0.25, 0.3) is 0 Å². The van der Waals surface area contributed by atoms with Crippen molar-refractivity contribution in [3.63, 3.8) is 0 Å². The molecule has 0 saturated heterocycles. The Hall–Kier alpha value is -1.09. The molecule has 0 amide bonds. The first-order valence-electron chi connectivity index (χ1n) is 5.81. The van der Waals surface area contributed by atoms with Crippen molar-refractivity contribution in [2.45, 2.75) is 13.0 Å². The van der Waals surface area contributed by atoms with Gasteiger partial charge in [-0.25, -0.2) is 0 Å². The maximum absolute atomic E-state index is 6.29. The number of halogens is 2. The topological polar surface area (TPSA) is 24.9 Å². The molecule has 4 heteroatoms. The van der Waals surface area contributed by atoms with E-state index < -0.39 is 0 Å². The van der Waals surface area contributed by atoms with Gasteiger partial charge in [-0.1, -0.05) is 42.3 Å². The van der Waals surface area contributed by atoms with Gasteiger partial charge >= 0.3 is 0 Å². The monoisotopic (exact) mass is 280 g/mol. The highest BCUT2D eigenvalue weighted by Crippen LogP contribution is 2.32. The molecule has 2 aromatic rings. The van der Waals surface area contributed by atoms with Crippen LogP contribution < -0.4 is 5.32 Å². The molecule has 0 bridgehead atoms. The molecule has 1 aromatic carbocycles. The summed E-state index contributed by atoms with van der Waals surface area (Å²) in [7, 11) is 0. The van der Waals surface area contributed by atoms with Gasteiger partial charge in [-0.2, -0.15) is 0 Å². The largest absolute Gasteiger partial charge is 0.306 e. The molecule has 0 spiro atoms. The molecule has 0 aliphatic heterocycles. The van der Waals surface area contributed by atoms with Gasteiger partial charge in [0, 0.05) is 12.4 Å². The summed E-state index contributed by atoms with van der Waals surface area (Å²) in [5.41, 5.74) is 2.10. The zero-order valence-electron chi connectivity index (χ0n) is 10.0. The van der Waals surface area contributed by atoms with Crippen molar-refractivity contribution in [3.05, 3.63) is 63.9 Å². The number of benzene rings is 1.